The smallest absolute Gasteiger partial charge is 0.280 e. The number of hydrogen-bond acceptors (Lipinski definition) is 8. The summed E-state index contributed by atoms with van der Waals surface area (Å²) in [6.45, 7) is 2.40. The summed E-state index contributed by atoms with van der Waals surface area (Å²) in [4.78, 5) is 50.6. The lowest BCUT2D eigenvalue weighted by Gasteiger charge is -2.45. The van der Waals surface area contributed by atoms with Crippen LogP contribution in [0.1, 0.15) is 54.5 Å². The Balaban J connectivity index is 1.30. The van der Waals surface area contributed by atoms with Crippen LogP contribution >= 0.6 is 22.9 Å². The molecule has 1 aliphatic carbocycles. The molecule has 0 radical (unpaired) electrons. The summed E-state index contributed by atoms with van der Waals surface area (Å²) in [5.41, 5.74) is 1.14. The number of alkyl halides is 1. The molecule has 2 saturated heterocycles. The molecule has 2 aromatic heterocycles. The van der Waals surface area contributed by atoms with E-state index in [4.69, 9.17) is 16.3 Å². The van der Waals surface area contributed by atoms with Crippen molar-refractivity contribution in [1.82, 2.24) is 20.2 Å². The summed E-state index contributed by atoms with van der Waals surface area (Å²) < 4.78 is 5.64. The molecule has 3 fully saturated rings. The number of ketones is 2. The predicted molar refractivity (Wildman–Crippen MR) is 133 cm³/mol. The van der Waals surface area contributed by atoms with Gasteiger partial charge < -0.3 is 10.1 Å². The van der Waals surface area contributed by atoms with Crippen LogP contribution in [0.5, 0.6) is 0 Å². The van der Waals surface area contributed by atoms with Crippen molar-refractivity contribution in [3.8, 4) is 10.4 Å². The molecule has 0 spiro atoms. The number of carbonyl (C=O) groups excluding carboxylic acids is 3. The lowest BCUT2D eigenvalue weighted by atomic mass is 9.76. The number of hydrogen-bond donors (Lipinski definition) is 1. The largest absolute Gasteiger partial charge is 0.367 e. The molecule has 0 aromatic carbocycles. The molecule has 8 nitrogen and oxygen atoms in total. The maximum absolute atomic E-state index is 13.7. The van der Waals surface area contributed by atoms with Crippen LogP contribution in [0.2, 0.25) is 0 Å². The minimum atomic E-state index is -0.803. The molecule has 1 amide bonds. The summed E-state index contributed by atoms with van der Waals surface area (Å²) in [7, 11) is 0. The molecule has 186 valence electrons. The predicted octanol–water partition coefficient (Wildman–Crippen LogP) is 3.03. The number of carbonyl (C=O) groups is 3. The molecule has 35 heavy (non-hydrogen) atoms. The van der Waals surface area contributed by atoms with Crippen LogP contribution < -0.4 is 5.32 Å². The molecule has 2 aromatic rings. The normalized spacial score (nSPS) is 26.0. The Labute approximate surface area is 213 Å². The van der Waals surface area contributed by atoms with Crippen molar-refractivity contribution in [2.75, 3.05) is 19.7 Å². The number of ether oxygens (including phenoxy) is 1. The van der Waals surface area contributed by atoms with E-state index in [1.165, 1.54) is 11.3 Å². The van der Waals surface area contributed by atoms with E-state index in [1.807, 2.05) is 24.0 Å². The van der Waals surface area contributed by atoms with E-state index in [-0.39, 0.29) is 42.1 Å². The zero-order valence-electron chi connectivity index (χ0n) is 19.7. The van der Waals surface area contributed by atoms with Gasteiger partial charge in [-0.2, -0.15) is 0 Å². The number of nitrogens with zero attached hydrogens (tertiary/aromatic N) is 3. The lowest BCUT2D eigenvalue weighted by molar-refractivity contribution is -0.136. The Hall–Kier alpha value is -2.20. The molecule has 3 aliphatic rings. The number of pyridine rings is 1. The summed E-state index contributed by atoms with van der Waals surface area (Å²) in [5, 5.41) is 2.76. The number of Topliss-reactive ketones (excluding diaryl/α,β-unsaturated/α-hetero) is 2. The summed E-state index contributed by atoms with van der Waals surface area (Å²) in [6, 6.07) is 3.41. The quantitative estimate of drug-likeness (QED) is 0.564. The maximum atomic E-state index is 13.7. The minimum Gasteiger partial charge on any atom is -0.367 e. The lowest BCUT2D eigenvalue weighted by Crippen LogP contribution is -2.61. The van der Waals surface area contributed by atoms with E-state index in [2.05, 4.69) is 15.3 Å². The van der Waals surface area contributed by atoms with Gasteiger partial charge in [0.25, 0.3) is 5.91 Å². The van der Waals surface area contributed by atoms with Crippen LogP contribution in [0, 0.1) is 0 Å². The van der Waals surface area contributed by atoms with Gasteiger partial charge in [-0.25, -0.2) is 4.98 Å². The standard InChI is InChI=1S/C25H29ClN4O4S/c1-2-16-10-15(6-9-27-16)19-11-29-24(35-19)23(33)28-12-20(32)25(7-4-3-5-8-25)30-13-17(26)22-21(30)18(31)14-34-22/h6,9-11,17,21-22H,2-5,7-8,12-14H2,1H3,(H,28,33)/t17-,21+,22+/m0/s1. The van der Waals surface area contributed by atoms with Crippen LogP contribution in [-0.2, 0) is 20.7 Å². The molecule has 1 N–H and O–H groups in total. The Morgan fingerprint density at radius 2 is 2.09 bits per heavy atom. The third-order valence-electron chi connectivity index (χ3n) is 7.44. The van der Waals surface area contributed by atoms with Gasteiger partial charge in [0, 0.05) is 24.6 Å². The molecule has 4 heterocycles. The number of nitrogens with one attached hydrogen (secondary N) is 1. The Morgan fingerprint density at radius 1 is 1.29 bits per heavy atom. The first-order valence-electron chi connectivity index (χ1n) is 12.2. The summed E-state index contributed by atoms with van der Waals surface area (Å²) in [6.07, 6.45) is 8.05. The van der Waals surface area contributed by atoms with Crippen LogP contribution in [-0.4, -0.2) is 75.1 Å². The second kappa shape index (κ2) is 10.0. The number of aryl methyl sites for hydroxylation is 1. The van der Waals surface area contributed by atoms with E-state index in [9.17, 15) is 14.4 Å². The fourth-order valence-electron chi connectivity index (χ4n) is 5.64. The van der Waals surface area contributed by atoms with E-state index in [0.29, 0.717) is 24.4 Å². The Morgan fingerprint density at radius 3 is 2.86 bits per heavy atom. The number of aromatic nitrogens is 2. The van der Waals surface area contributed by atoms with Gasteiger partial charge in [0.1, 0.15) is 12.6 Å². The van der Waals surface area contributed by atoms with Gasteiger partial charge >= 0.3 is 0 Å². The van der Waals surface area contributed by atoms with Crippen molar-refractivity contribution in [1.29, 1.82) is 0 Å². The first kappa shape index (κ1) is 24.5. The Kier molecular flexibility index (Phi) is 7.03. The monoisotopic (exact) mass is 516 g/mol. The average Bonchev–Trinajstić information content (AvgIpc) is 3.61. The SMILES string of the molecule is CCc1cc(-c2cnc(C(=O)NCC(=O)C3(N4C[C@H](Cl)[C@H]5OCC(=O)[C@H]54)CCCCC3)s2)ccn1. The van der Waals surface area contributed by atoms with E-state index >= 15 is 0 Å². The molecule has 10 heteroatoms. The highest BCUT2D eigenvalue weighted by Crippen LogP contribution is 2.42. The van der Waals surface area contributed by atoms with Crippen LogP contribution in [0.4, 0.5) is 0 Å². The highest BCUT2D eigenvalue weighted by Gasteiger charge is 2.58. The third kappa shape index (κ3) is 4.55. The molecule has 0 bridgehead atoms. The second-order valence-corrected chi connectivity index (χ2v) is 11.1. The highest BCUT2D eigenvalue weighted by molar-refractivity contribution is 7.17. The van der Waals surface area contributed by atoms with E-state index in [1.54, 1.807) is 12.4 Å². The fourth-order valence-corrected chi connectivity index (χ4v) is 6.83. The molecule has 3 atom stereocenters. The van der Waals surface area contributed by atoms with Crippen molar-refractivity contribution in [3.63, 3.8) is 0 Å². The summed E-state index contributed by atoms with van der Waals surface area (Å²) in [5.74, 6) is -0.467. The maximum Gasteiger partial charge on any atom is 0.280 e. The number of fused-ring (bicyclic) bond motifs is 1. The van der Waals surface area contributed by atoms with Gasteiger partial charge in [-0.1, -0.05) is 26.2 Å². The van der Waals surface area contributed by atoms with Crippen LogP contribution in [0.3, 0.4) is 0 Å². The average molecular weight is 517 g/mol. The van der Waals surface area contributed by atoms with Gasteiger partial charge in [0.2, 0.25) is 0 Å². The van der Waals surface area contributed by atoms with Crippen LogP contribution in [0.15, 0.2) is 24.5 Å². The van der Waals surface area contributed by atoms with Gasteiger partial charge in [0.15, 0.2) is 16.6 Å². The zero-order valence-corrected chi connectivity index (χ0v) is 21.2. The zero-order chi connectivity index (χ0) is 24.6. The van der Waals surface area contributed by atoms with Gasteiger partial charge in [-0.15, -0.1) is 22.9 Å². The van der Waals surface area contributed by atoms with Crippen molar-refractivity contribution >= 4 is 40.4 Å². The summed E-state index contributed by atoms with van der Waals surface area (Å²) >= 11 is 7.81. The molecule has 1 saturated carbocycles. The molecular weight excluding hydrogens is 488 g/mol. The molecule has 5 rings (SSSR count). The van der Waals surface area contributed by atoms with Crippen molar-refractivity contribution in [3.05, 3.63) is 35.2 Å². The highest BCUT2D eigenvalue weighted by atomic mass is 35.5. The molecular formula is C25H29ClN4O4S. The molecule has 0 unspecified atom stereocenters. The second-order valence-electron chi connectivity index (χ2n) is 9.47. The first-order chi connectivity index (χ1) is 16.9. The number of rotatable bonds is 7. The van der Waals surface area contributed by atoms with Crippen LogP contribution in [0.25, 0.3) is 10.4 Å². The van der Waals surface area contributed by atoms with Crippen molar-refractivity contribution in [2.24, 2.45) is 0 Å². The molecule has 2 aliphatic heterocycles. The minimum absolute atomic E-state index is 0.0161. The van der Waals surface area contributed by atoms with Gasteiger partial charge in [0.05, 0.1) is 28.4 Å². The Bertz CT molecular complexity index is 1130. The first-order valence-corrected chi connectivity index (χ1v) is 13.5. The number of thiazole rings is 1. The topological polar surface area (TPSA) is 101 Å². The van der Waals surface area contributed by atoms with Gasteiger partial charge in [-0.05, 0) is 37.0 Å². The number of amides is 1. The number of halogens is 1. The number of likely N-dealkylation sites (tertiary alicyclic amines) is 1. The van der Waals surface area contributed by atoms with E-state index in [0.717, 1.165) is 41.8 Å². The van der Waals surface area contributed by atoms with Gasteiger partial charge in [-0.3, -0.25) is 24.3 Å². The fraction of sp³-hybridized carbons (Fsp3) is 0.560. The van der Waals surface area contributed by atoms with E-state index < -0.39 is 11.6 Å². The third-order valence-corrected chi connectivity index (χ3v) is 8.88. The van der Waals surface area contributed by atoms with Crippen molar-refractivity contribution in [2.45, 2.75) is 68.5 Å². The van der Waals surface area contributed by atoms with Crippen molar-refractivity contribution < 1.29 is 19.1 Å².